The van der Waals surface area contributed by atoms with Crippen LogP contribution in [-0.2, 0) is 9.53 Å². The molecule has 0 aliphatic heterocycles. The molecule has 1 aromatic rings. The maximum absolute atomic E-state index is 11.5. The Morgan fingerprint density at radius 2 is 1.68 bits per heavy atom. The second kappa shape index (κ2) is 6.08. The molecule has 0 spiro atoms. The van der Waals surface area contributed by atoms with Crippen LogP contribution < -0.4 is 10.6 Å². The van der Waals surface area contributed by atoms with Crippen molar-refractivity contribution >= 4 is 23.4 Å². The minimum atomic E-state index is -0.934. The van der Waals surface area contributed by atoms with Gasteiger partial charge in [-0.1, -0.05) is 0 Å². The highest BCUT2D eigenvalue weighted by Crippen LogP contribution is 2.15. The Balaban J connectivity index is 2.52. The smallest absolute Gasteiger partial charge is 0.412 e. The van der Waals surface area contributed by atoms with E-state index in [0.29, 0.717) is 11.4 Å². The van der Waals surface area contributed by atoms with Gasteiger partial charge >= 0.3 is 12.1 Å². The van der Waals surface area contributed by atoms with Crippen LogP contribution in [0.3, 0.4) is 0 Å². The molecule has 19 heavy (non-hydrogen) atoms. The molecule has 0 heterocycles. The molecule has 0 unspecified atom stereocenters. The molecule has 1 rings (SSSR count). The fourth-order valence-corrected chi connectivity index (χ4v) is 1.27. The summed E-state index contributed by atoms with van der Waals surface area (Å²) < 4.78 is 5.11. The molecular formula is C13H18N2O4. The highest BCUT2D eigenvalue weighted by atomic mass is 16.6. The number of benzene rings is 1. The summed E-state index contributed by atoms with van der Waals surface area (Å²) in [4.78, 5) is 21.9. The van der Waals surface area contributed by atoms with Crippen LogP contribution in [0.15, 0.2) is 24.3 Å². The first-order chi connectivity index (χ1) is 8.76. The van der Waals surface area contributed by atoms with Gasteiger partial charge in [0.1, 0.15) is 12.1 Å². The van der Waals surface area contributed by atoms with Gasteiger partial charge in [0.2, 0.25) is 0 Å². The fraction of sp³-hybridized carbons (Fsp3) is 0.385. The summed E-state index contributed by atoms with van der Waals surface area (Å²) >= 11 is 0. The maximum Gasteiger partial charge on any atom is 0.412 e. The van der Waals surface area contributed by atoms with E-state index in [-0.39, 0.29) is 6.54 Å². The number of rotatable bonds is 4. The Kier molecular flexibility index (Phi) is 4.74. The minimum absolute atomic E-state index is 0.154. The highest BCUT2D eigenvalue weighted by Gasteiger charge is 2.15. The predicted octanol–water partition coefficient (Wildman–Crippen LogP) is 2.53. The number of carboxylic acid groups (broad SMARTS) is 1. The van der Waals surface area contributed by atoms with Gasteiger partial charge in [0, 0.05) is 11.4 Å². The van der Waals surface area contributed by atoms with Gasteiger partial charge in [-0.25, -0.2) is 4.79 Å². The van der Waals surface area contributed by atoms with Gasteiger partial charge in [0.15, 0.2) is 0 Å². The van der Waals surface area contributed by atoms with Crippen molar-refractivity contribution in [1.29, 1.82) is 0 Å². The van der Waals surface area contributed by atoms with E-state index in [2.05, 4.69) is 10.6 Å². The number of carbonyl (C=O) groups excluding carboxylic acids is 1. The Labute approximate surface area is 111 Å². The van der Waals surface area contributed by atoms with Crippen molar-refractivity contribution in [3.05, 3.63) is 24.3 Å². The summed E-state index contributed by atoms with van der Waals surface area (Å²) in [5, 5.41) is 13.8. The molecule has 0 saturated carbocycles. The molecule has 0 aliphatic carbocycles. The number of anilines is 2. The van der Waals surface area contributed by atoms with Crippen molar-refractivity contribution in [3.63, 3.8) is 0 Å². The van der Waals surface area contributed by atoms with Crippen LogP contribution in [0.25, 0.3) is 0 Å². The lowest BCUT2D eigenvalue weighted by Crippen LogP contribution is -2.27. The van der Waals surface area contributed by atoms with E-state index in [4.69, 9.17) is 9.84 Å². The lowest BCUT2D eigenvalue weighted by Gasteiger charge is -2.19. The van der Waals surface area contributed by atoms with E-state index in [1.165, 1.54) is 0 Å². The zero-order chi connectivity index (χ0) is 14.5. The van der Waals surface area contributed by atoms with Crippen molar-refractivity contribution in [3.8, 4) is 0 Å². The number of carboxylic acids is 1. The summed E-state index contributed by atoms with van der Waals surface area (Å²) in [5.41, 5.74) is 0.694. The van der Waals surface area contributed by atoms with E-state index in [0.717, 1.165) is 0 Å². The second-order valence-electron chi connectivity index (χ2n) is 4.95. The van der Waals surface area contributed by atoms with Gasteiger partial charge in [-0.2, -0.15) is 0 Å². The lowest BCUT2D eigenvalue weighted by molar-refractivity contribution is -0.134. The average Bonchev–Trinajstić information content (AvgIpc) is 2.25. The molecule has 104 valence electrons. The van der Waals surface area contributed by atoms with E-state index in [1.807, 2.05) is 0 Å². The normalized spacial score (nSPS) is 10.7. The van der Waals surface area contributed by atoms with Crippen molar-refractivity contribution < 1.29 is 19.4 Å². The number of nitrogens with one attached hydrogen (secondary N) is 2. The average molecular weight is 266 g/mol. The molecule has 0 aliphatic rings. The maximum atomic E-state index is 11.5. The quantitative estimate of drug-likeness (QED) is 0.779. The van der Waals surface area contributed by atoms with E-state index in [9.17, 15) is 9.59 Å². The van der Waals surface area contributed by atoms with Crippen molar-refractivity contribution in [1.82, 2.24) is 0 Å². The molecule has 1 amide bonds. The SMILES string of the molecule is CC(C)(C)OC(=O)Nc1ccc(NCC(=O)O)cc1. The summed E-state index contributed by atoms with van der Waals surface area (Å²) in [6.45, 7) is 5.20. The number of ether oxygens (including phenoxy) is 1. The van der Waals surface area contributed by atoms with Crippen LogP contribution in [0.5, 0.6) is 0 Å². The highest BCUT2D eigenvalue weighted by molar-refractivity contribution is 5.85. The predicted molar refractivity (Wildman–Crippen MR) is 72.4 cm³/mol. The second-order valence-corrected chi connectivity index (χ2v) is 4.95. The number of hydrogen-bond acceptors (Lipinski definition) is 4. The van der Waals surface area contributed by atoms with E-state index in [1.54, 1.807) is 45.0 Å². The third-order valence-electron chi connectivity index (χ3n) is 1.97. The van der Waals surface area contributed by atoms with E-state index < -0.39 is 17.7 Å². The monoisotopic (exact) mass is 266 g/mol. The summed E-state index contributed by atoms with van der Waals surface area (Å²) in [6, 6.07) is 6.67. The molecule has 0 aromatic heterocycles. The number of carbonyl (C=O) groups is 2. The Morgan fingerprint density at radius 1 is 1.16 bits per heavy atom. The third-order valence-corrected chi connectivity index (χ3v) is 1.97. The number of aliphatic carboxylic acids is 1. The molecule has 0 saturated heterocycles. The largest absolute Gasteiger partial charge is 0.480 e. The van der Waals surface area contributed by atoms with Crippen LogP contribution in [0.4, 0.5) is 16.2 Å². The van der Waals surface area contributed by atoms with Crippen molar-refractivity contribution in [2.24, 2.45) is 0 Å². The molecule has 0 atom stereocenters. The van der Waals surface area contributed by atoms with Crippen LogP contribution in [0, 0.1) is 0 Å². The van der Waals surface area contributed by atoms with Gasteiger partial charge in [-0.05, 0) is 45.0 Å². The first-order valence-corrected chi connectivity index (χ1v) is 5.82. The molecule has 6 heteroatoms. The zero-order valence-corrected chi connectivity index (χ0v) is 11.2. The van der Waals surface area contributed by atoms with Crippen molar-refractivity contribution in [2.45, 2.75) is 26.4 Å². The van der Waals surface area contributed by atoms with E-state index >= 15 is 0 Å². The molecular weight excluding hydrogens is 248 g/mol. The summed E-state index contributed by atoms with van der Waals surface area (Å²) in [7, 11) is 0. The minimum Gasteiger partial charge on any atom is -0.480 e. The van der Waals surface area contributed by atoms with Gasteiger partial charge in [-0.3, -0.25) is 10.1 Å². The van der Waals surface area contributed by atoms with Gasteiger partial charge in [-0.15, -0.1) is 0 Å². The number of hydrogen-bond donors (Lipinski definition) is 3. The summed E-state index contributed by atoms with van der Waals surface area (Å²) in [5.74, 6) is -0.934. The standard InChI is InChI=1S/C13H18N2O4/c1-13(2,3)19-12(18)15-10-6-4-9(5-7-10)14-8-11(16)17/h4-7,14H,8H2,1-3H3,(H,15,18)(H,16,17). The first-order valence-electron chi connectivity index (χ1n) is 5.82. The molecule has 6 nitrogen and oxygen atoms in total. The van der Waals surface area contributed by atoms with Gasteiger partial charge < -0.3 is 15.2 Å². The van der Waals surface area contributed by atoms with Gasteiger partial charge in [0.25, 0.3) is 0 Å². The topological polar surface area (TPSA) is 87.7 Å². The number of amides is 1. The molecule has 3 N–H and O–H groups in total. The molecule has 0 radical (unpaired) electrons. The Bertz CT molecular complexity index is 449. The van der Waals surface area contributed by atoms with Crippen LogP contribution in [0.2, 0.25) is 0 Å². The van der Waals surface area contributed by atoms with Crippen LogP contribution in [-0.4, -0.2) is 29.3 Å². The lowest BCUT2D eigenvalue weighted by atomic mass is 10.2. The zero-order valence-electron chi connectivity index (χ0n) is 11.2. The third kappa shape index (κ3) is 6.30. The fourth-order valence-electron chi connectivity index (χ4n) is 1.27. The molecule has 1 aromatic carbocycles. The molecule has 0 bridgehead atoms. The van der Waals surface area contributed by atoms with Crippen LogP contribution >= 0.6 is 0 Å². The first kappa shape index (κ1) is 14.8. The Morgan fingerprint density at radius 3 is 2.16 bits per heavy atom. The van der Waals surface area contributed by atoms with Crippen molar-refractivity contribution in [2.75, 3.05) is 17.2 Å². The van der Waals surface area contributed by atoms with Gasteiger partial charge in [0.05, 0.1) is 0 Å². The molecule has 0 fully saturated rings. The van der Waals surface area contributed by atoms with Crippen LogP contribution in [0.1, 0.15) is 20.8 Å². The Hall–Kier alpha value is -2.24. The summed E-state index contributed by atoms with van der Waals surface area (Å²) in [6.07, 6.45) is -0.529.